The van der Waals surface area contributed by atoms with Crippen molar-refractivity contribution in [3.8, 4) is 0 Å². The molecule has 0 radical (unpaired) electrons. The number of fused-ring (bicyclic) bond motifs is 3. The van der Waals surface area contributed by atoms with E-state index in [-0.39, 0.29) is 0 Å². The van der Waals surface area contributed by atoms with Crippen LogP contribution in [0.3, 0.4) is 0 Å². The standard InChI is InChI=1S/C13H9Br/c14-13-8-9-4-1-2-5-10(9)11-6-3-7-12(11)13/h1-5,7-8H,6H2. The molecule has 1 aliphatic rings. The Morgan fingerprint density at radius 1 is 1.14 bits per heavy atom. The molecule has 1 heteroatoms. The molecule has 0 unspecified atom stereocenters. The second-order valence-electron chi connectivity index (χ2n) is 3.58. The first kappa shape index (κ1) is 8.25. The highest BCUT2D eigenvalue weighted by molar-refractivity contribution is 9.10. The summed E-state index contributed by atoms with van der Waals surface area (Å²) in [5.41, 5.74) is 2.80. The fourth-order valence-corrected chi connectivity index (χ4v) is 2.71. The summed E-state index contributed by atoms with van der Waals surface area (Å²) < 4.78 is 1.21. The molecule has 3 rings (SSSR count). The van der Waals surface area contributed by atoms with Crippen LogP contribution in [0.15, 0.2) is 40.9 Å². The van der Waals surface area contributed by atoms with Gasteiger partial charge in [0.05, 0.1) is 0 Å². The molecule has 0 N–H and O–H groups in total. The molecule has 0 saturated carbocycles. The van der Waals surface area contributed by atoms with Gasteiger partial charge in [0.25, 0.3) is 0 Å². The van der Waals surface area contributed by atoms with Crippen LogP contribution in [0, 0.1) is 0 Å². The summed E-state index contributed by atoms with van der Waals surface area (Å²) in [5, 5.41) is 2.71. The van der Waals surface area contributed by atoms with Gasteiger partial charge in [-0.05, 0) is 34.4 Å². The maximum atomic E-state index is 3.62. The molecule has 0 bridgehead atoms. The van der Waals surface area contributed by atoms with Crippen LogP contribution in [0.5, 0.6) is 0 Å². The third kappa shape index (κ3) is 1.05. The number of benzene rings is 2. The van der Waals surface area contributed by atoms with Gasteiger partial charge >= 0.3 is 0 Å². The van der Waals surface area contributed by atoms with Crippen LogP contribution in [0.1, 0.15) is 11.1 Å². The fourth-order valence-electron chi connectivity index (χ4n) is 2.10. The van der Waals surface area contributed by atoms with Gasteiger partial charge in [0.1, 0.15) is 0 Å². The van der Waals surface area contributed by atoms with E-state index in [1.165, 1.54) is 26.4 Å². The van der Waals surface area contributed by atoms with E-state index >= 15 is 0 Å². The van der Waals surface area contributed by atoms with Gasteiger partial charge in [-0.1, -0.05) is 52.3 Å². The predicted molar refractivity (Wildman–Crippen MR) is 64.4 cm³/mol. The lowest BCUT2D eigenvalue weighted by atomic mass is 10.0. The zero-order chi connectivity index (χ0) is 9.54. The first-order chi connectivity index (χ1) is 6.86. The minimum Gasteiger partial charge on any atom is -0.0794 e. The van der Waals surface area contributed by atoms with Crippen LogP contribution in [0.4, 0.5) is 0 Å². The van der Waals surface area contributed by atoms with Crippen molar-refractivity contribution < 1.29 is 0 Å². The largest absolute Gasteiger partial charge is 0.0794 e. The van der Waals surface area contributed by atoms with Crippen molar-refractivity contribution in [3.63, 3.8) is 0 Å². The Balaban J connectivity index is 2.49. The third-order valence-corrected chi connectivity index (χ3v) is 3.41. The summed E-state index contributed by atoms with van der Waals surface area (Å²) in [4.78, 5) is 0. The highest BCUT2D eigenvalue weighted by atomic mass is 79.9. The predicted octanol–water partition coefficient (Wildman–Crippen LogP) is 4.17. The van der Waals surface area contributed by atoms with Crippen LogP contribution in [0.2, 0.25) is 0 Å². The first-order valence-electron chi connectivity index (χ1n) is 4.73. The molecule has 0 spiro atoms. The van der Waals surface area contributed by atoms with Crippen LogP contribution >= 0.6 is 15.9 Å². The minimum atomic E-state index is 1.06. The van der Waals surface area contributed by atoms with Gasteiger partial charge in [0.15, 0.2) is 0 Å². The molecule has 0 aliphatic heterocycles. The molecule has 68 valence electrons. The molecule has 0 heterocycles. The average molecular weight is 245 g/mol. The van der Waals surface area contributed by atoms with Crippen LogP contribution in [0.25, 0.3) is 16.8 Å². The van der Waals surface area contributed by atoms with Gasteiger partial charge in [0, 0.05) is 4.47 Å². The van der Waals surface area contributed by atoms with E-state index in [1.54, 1.807) is 0 Å². The lowest BCUT2D eigenvalue weighted by Gasteiger charge is -2.07. The summed E-state index contributed by atoms with van der Waals surface area (Å²) in [5.74, 6) is 0. The molecule has 2 aromatic carbocycles. The van der Waals surface area contributed by atoms with Crippen LogP contribution < -0.4 is 0 Å². The van der Waals surface area contributed by atoms with Gasteiger partial charge in [-0.25, -0.2) is 0 Å². The Bertz CT molecular complexity index is 538. The first-order valence-corrected chi connectivity index (χ1v) is 5.52. The molecule has 1 aliphatic carbocycles. The van der Waals surface area contributed by atoms with Crippen molar-refractivity contribution in [2.24, 2.45) is 0 Å². The van der Waals surface area contributed by atoms with E-state index in [2.05, 4.69) is 58.4 Å². The van der Waals surface area contributed by atoms with Crippen molar-refractivity contribution in [1.29, 1.82) is 0 Å². The Morgan fingerprint density at radius 3 is 2.93 bits per heavy atom. The Kier molecular flexibility index (Phi) is 1.74. The van der Waals surface area contributed by atoms with E-state index in [0.29, 0.717) is 0 Å². The van der Waals surface area contributed by atoms with E-state index in [9.17, 15) is 0 Å². The molecule has 0 nitrogen and oxygen atoms in total. The monoisotopic (exact) mass is 244 g/mol. The smallest absolute Gasteiger partial charge is 0.0256 e. The van der Waals surface area contributed by atoms with Gasteiger partial charge in [-0.3, -0.25) is 0 Å². The molecular weight excluding hydrogens is 236 g/mol. The molecular formula is C13H9Br. The Morgan fingerprint density at radius 2 is 2.00 bits per heavy atom. The minimum absolute atomic E-state index is 1.06. The normalized spacial score (nSPS) is 13.5. The zero-order valence-electron chi connectivity index (χ0n) is 7.63. The fraction of sp³-hybridized carbons (Fsp3) is 0.0769. The molecule has 0 amide bonds. The zero-order valence-corrected chi connectivity index (χ0v) is 9.21. The summed E-state index contributed by atoms with van der Waals surface area (Å²) in [7, 11) is 0. The molecule has 0 saturated heterocycles. The Labute approximate surface area is 91.4 Å². The maximum Gasteiger partial charge on any atom is 0.0256 e. The third-order valence-electron chi connectivity index (χ3n) is 2.76. The molecule has 2 aromatic rings. The van der Waals surface area contributed by atoms with Crippen molar-refractivity contribution in [2.75, 3.05) is 0 Å². The quantitative estimate of drug-likeness (QED) is 0.653. The van der Waals surface area contributed by atoms with Crippen molar-refractivity contribution >= 4 is 32.8 Å². The van der Waals surface area contributed by atoms with E-state index in [0.717, 1.165) is 6.42 Å². The van der Waals surface area contributed by atoms with Crippen molar-refractivity contribution in [3.05, 3.63) is 52.0 Å². The maximum absolute atomic E-state index is 3.62. The van der Waals surface area contributed by atoms with Crippen LogP contribution in [-0.2, 0) is 6.42 Å². The number of hydrogen-bond donors (Lipinski definition) is 0. The number of rotatable bonds is 0. The highest BCUT2D eigenvalue weighted by Crippen LogP contribution is 2.34. The summed E-state index contributed by atoms with van der Waals surface area (Å²) in [6.07, 6.45) is 5.49. The second-order valence-corrected chi connectivity index (χ2v) is 4.43. The molecule has 14 heavy (non-hydrogen) atoms. The van der Waals surface area contributed by atoms with Gasteiger partial charge in [0.2, 0.25) is 0 Å². The summed E-state index contributed by atoms with van der Waals surface area (Å²) in [6.45, 7) is 0. The number of halogens is 1. The average Bonchev–Trinajstić information content (AvgIpc) is 2.67. The lowest BCUT2D eigenvalue weighted by Crippen LogP contribution is -1.86. The molecule has 0 fully saturated rings. The van der Waals surface area contributed by atoms with Crippen molar-refractivity contribution in [1.82, 2.24) is 0 Å². The van der Waals surface area contributed by atoms with E-state index in [1.807, 2.05) is 0 Å². The number of hydrogen-bond acceptors (Lipinski definition) is 0. The Hall–Kier alpha value is -1.08. The topological polar surface area (TPSA) is 0 Å². The van der Waals surface area contributed by atoms with Crippen molar-refractivity contribution in [2.45, 2.75) is 6.42 Å². The number of allylic oxidation sites excluding steroid dienone is 1. The van der Waals surface area contributed by atoms with E-state index < -0.39 is 0 Å². The summed E-state index contributed by atoms with van der Waals surface area (Å²) >= 11 is 3.62. The van der Waals surface area contributed by atoms with Gasteiger partial charge < -0.3 is 0 Å². The highest BCUT2D eigenvalue weighted by Gasteiger charge is 2.12. The van der Waals surface area contributed by atoms with Gasteiger partial charge in [-0.2, -0.15) is 0 Å². The molecule has 0 atom stereocenters. The van der Waals surface area contributed by atoms with Gasteiger partial charge in [-0.15, -0.1) is 0 Å². The second kappa shape index (κ2) is 2.96. The molecule has 0 aromatic heterocycles. The summed E-state index contributed by atoms with van der Waals surface area (Å²) in [6, 6.07) is 10.8. The SMILES string of the molecule is Brc1cc2ccccc2c2c1C=CC2. The van der Waals surface area contributed by atoms with E-state index in [4.69, 9.17) is 0 Å². The lowest BCUT2D eigenvalue weighted by molar-refractivity contribution is 1.34. The van der Waals surface area contributed by atoms with Crippen LogP contribution in [-0.4, -0.2) is 0 Å².